The van der Waals surface area contributed by atoms with Crippen molar-refractivity contribution in [2.24, 2.45) is 0 Å². The predicted octanol–water partition coefficient (Wildman–Crippen LogP) is 3.13. The van der Waals surface area contributed by atoms with Crippen molar-refractivity contribution >= 4 is 22.5 Å². The molecular weight excluding hydrogens is 295 g/mol. The van der Waals surface area contributed by atoms with Gasteiger partial charge in [-0.1, -0.05) is 6.08 Å². The largest absolute Gasteiger partial charge is 0.397 e. The van der Waals surface area contributed by atoms with Crippen LogP contribution in [0.4, 0.5) is 13.2 Å². The van der Waals surface area contributed by atoms with Gasteiger partial charge in [-0.2, -0.15) is 13.2 Å². The molecule has 0 unspecified atom stereocenters. The van der Waals surface area contributed by atoms with Crippen LogP contribution in [0.5, 0.6) is 0 Å². The lowest BCUT2D eigenvalue weighted by Gasteiger charge is -2.27. The van der Waals surface area contributed by atoms with Crippen molar-refractivity contribution in [1.29, 1.82) is 0 Å². The number of aromatic nitrogens is 2. The number of carbonyl (C=O) groups excluding carboxylic acids is 1. The number of fused-ring (bicyclic) bond motifs is 1. The fraction of sp³-hybridized carbons (Fsp3) is 0.333. The van der Waals surface area contributed by atoms with E-state index in [-0.39, 0.29) is 6.54 Å². The van der Waals surface area contributed by atoms with Crippen LogP contribution in [0.3, 0.4) is 0 Å². The molecule has 1 N–H and O–H groups in total. The third-order valence-electron chi connectivity index (χ3n) is 3.72. The maximum absolute atomic E-state index is 12.3. The molecule has 0 aliphatic carbocycles. The Morgan fingerprint density at radius 3 is 2.86 bits per heavy atom. The minimum atomic E-state index is -4.45. The number of carbonyl (C=O) groups is 1. The summed E-state index contributed by atoms with van der Waals surface area (Å²) in [6, 6.07) is 3.80. The molecule has 0 bridgehead atoms. The summed E-state index contributed by atoms with van der Waals surface area (Å²) in [5.41, 5.74) is 2.81. The molecule has 2 aromatic heterocycles. The van der Waals surface area contributed by atoms with Gasteiger partial charge in [0.05, 0.1) is 0 Å². The van der Waals surface area contributed by atoms with Gasteiger partial charge in [-0.25, -0.2) is 4.98 Å². The molecule has 0 spiro atoms. The zero-order valence-corrected chi connectivity index (χ0v) is 11.7. The van der Waals surface area contributed by atoms with E-state index in [1.807, 2.05) is 18.2 Å². The number of nitrogens with zero attached hydrogens (tertiary/aromatic N) is 2. The van der Waals surface area contributed by atoms with E-state index in [9.17, 15) is 18.0 Å². The second-order valence-electron chi connectivity index (χ2n) is 5.21. The highest BCUT2D eigenvalue weighted by molar-refractivity contribution is 5.90. The van der Waals surface area contributed by atoms with E-state index in [1.165, 1.54) is 4.90 Å². The van der Waals surface area contributed by atoms with Crippen LogP contribution in [0.1, 0.15) is 18.4 Å². The van der Waals surface area contributed by atoms with Gasteiger partial charge in [-0.3, -0.25) is 4.79 Å². The highest BCUT2D eigenvalue weighted by atomic mass is 19.4. The fourth-order valence-corrected chi connectivity index (χ4v) is 2.66. The number of amides is 1. The number of hydrogen-bond acceptors (Lipinski definition) is 2. The Hall–Kier alpha value is -2.31. The van der Waals surface area contributed by atoms with E-state index < -0.39 is 18.5 Å². The molecule has 22 heavy (non-hydrogen) atoms. The SMILES string of the molecule is O=C(CC(F)(F)F)N1CC=C(c2ccnc3[nH]ccc23)CC1. The van der Waals surface area contributed by atoms with Crippen molar-refractivity contribution in [3.63, 3.8) is 0 Å². The average molecular weight is 309 g/mol. The van der Waals surface area contributed by atoms with Crippen LogP contribution in [0.15, 0.2) is 30.6 Å². The van der Waals surface area contributed by atoms with Crippen LogP contribution in [-0.2, 0) is 4.79 Å². The molecule has 1 aliphatic rings. The molecular formula is C15H14F3N3O. The van der Waals surface area contributed by atoms with Gasteiger partial charge in [-0.15, -0.1) is 0 Å². The molecule has 0 fully saturated rings. The number of halogens is 3. The van der Waals surface area contributed by atoms with E-state index in [1.54, 1.807) is 12.4 Å². The minimum Gasteiger partial charge on any atom is -0.346 e. The van der Waals surface area contributed by atoms with E-state index in [0.717, 1.165) is 22.2 Å². The summed E-state index contributed by atoms with van der Waals surface area (Å²) in [5.74, 6) is -0.871. The summed E-state index contributed by atoms with van der Waals surface area (Å²) in [4.78, 5) is 20.1. The lowest BCUT2D eigenvalue weighted by atomic mass is 9.98. The first-order valence-electron chi connectivity index (χ1n) is 6.90. The summed E-state index contributed by atoms with van der Waals surface area (Å²) in [7, 11) is 0. The smallest absolute Gasteiger partial charge is 0.346 e. The number of rotatable bonds is 2. The van der Waals surface area contributed by atoms with Gasteiger partial charge < -0.3 is 9.88 Å². The molecule has 1 aliphatic heterocycles. The molecule has 1 amide bonds. The minimum absolute atomic E-state index is 0.207. The Kier molecular flexibility index (Phi) is 3.64. The summed E-state index contributed by atoms with van der Waals surface area (Å²) in [5, 5.41) is 0.976. The highest BCUT2D eigenvalue weighted by Gasteiger charge is 2.33. The number of pyridine rings is 1. The molecule has 0 radical (unpaired) electrons. The van der Waals surface area contributed by atoms with Gasteiger partial charge in [0.2, 0.25) is 5.91 Å². The van der Waals surface area contributed by atoms with Crippen molar-refractivity contribution in [3.8, 4) is 0 Å². The van der Waals surface area contributed by atoms with Gasteiger partial charge >= 0.3 is 6.18 Å². The van der Waals surface area contributed by atoms with Crippen molar-refractivity contribution in [1.82, 2.24) is 14.9 Å². The van der Waals surface area contributed by atoms with Gasteiger partial charge in [-0.05, 0) is 29.7 Å². The Morgan fingerprint density at radius 1 is 1.36 bits per heavy atom. The lowest BCUT2D eigenvalue weighted by Crippen LogP contribution is -2.37. The molecule has 3 heterocycles. The number of alkyl halides is 3. The number of H-pyrrole nitrogens is 1. The quantitative estimate of drug-likeness (QED) is 0.926. The Labute approximate surface area is 124 Å². The van der Waals surface area contributed by atoms with Gasteiger partial charge in [0, 0.05) is 30.9 Å². The van der Waals surface area contributed by atoms with Crippen LogP contribution >= 0.6 is 0 Å². The van der Waals surface area contributed by atoms with Crippen LogP contribution < -0.4 is 0 Å². The summed E-state index contributed by atoms with van der Waals surface area (Å²) < 4.78 is 36.8. The zero-order chi connectivity index (χ0) is 15.7. The van der Waals surface area contributed by atoms with Crippen molar-refractivity contribution in [3.05, 3.63) is 36.2 Å². The first kappa shape index (κ1) is 14.6. The Morgan fingerprint density at radius 2 is 2.18 bits per heavy atom. The molecule has 0 aromatic carbocycles. The van der Waals surface area contributed by atoms with Crippen molar-refractivity contribution < 1.29 is 18.0 Å². The average Bonchev–Trinajstić information content (AvgIpc) is 2.94. The molecule has 0 saturated heterocycles. The summed E-state index contributed by atoms with van der Waals surface area (Å²) in [6.07, 6.45) is -0.00964. The third-order valence-corrected chi connectivity index (χ3v) is 3.72. The zero-order valence-electron chi connectivity index (χ0n) is 11.7. The first-order chi connectivity index (χ1) is 10.4. The van der Waals surface area contributed by atoms with Crippen LogP contribution in [0, 0.1) is 0 Å². The molecule has 3 rings (SSSR count). The second kappa shape index (κ2) is 5.47. The second-order valence-corrected chi connectivity index (χ2v) is 5.21. The first-order valence-corrected chi connectivity index (χ1v) is 6.90. The van der Waals surface area contributed by atoms with Crippen LogP contribution in [0.2, 0.25) is 0 Å². The standard InChI is InChI=1S/C15H14F3N3O/c16-15(17,18)9-13(22)21-7-3-10(4-8-21)11-1-5-19-14-12(11)2-6-20-14/h1-3,5-6H,4,7-9H2,(H,19,20). The molecule has 0 saturated carbocycles. The third kappa shape index (κ3) is 2.98. The van der Waals surface area contributed by atoms with E-state index in [0.29, 0.717) is 13.0 Å². The Bertz CT molecular complexity index is 733. The Balaban J connectivity index is 1.77. The topological polar surface area (TPSA) is 49.0 Å². The molecule has 7 heteroatoms. The van der Waals surface area contributed by atoms with Gasteiger partial charge in [0.15, 0.2) is 0 Å². The van der Waals surface area contributed by atoms with Crippen LogP contribution in [-0.4, -0.2) is 40.0 Å². The van der Waals surface area contributed by atoms with E-state index in [2.05, 4.69) is 9.97 Å². The molecule has 2 aromatic rings. The van der Waals surface area contributed by atoms with Crippen molar-refractivity contribution in [2.45, 2.75) is 19.0 Å². The molecule has 116 valence electrons. The summed E-state index contributed by atoms with van der Waals surface area (Å²) in [6.45, 7) is 0.507. The van der Waals surface area contributed by atoms with Gasteiger partial charge in [0.25, 0.3) is 0 Å². The monoisotopic (exact) mass is 309 g/mol. The number of hydrogen-bond donors (Lipinski definition) is 1. The van der Waals surface area contributed by atoms with E-state index in [4.69, 9.17) is 0 Å². The van der Waals surface area contributed by atoms with Crippen molar-refractivity contribution in [2.75, 3.05) is 13.1 Å². The van der Waals surface area contributed by atoms with Gasteiger partial charge in [0.1, 0.15) is 12.1 Å². The molecule has 0 atom stereocenters. The van der Waals surface area contributed by atoms with Crippen LogP contribution in [0.25, 0.3) is 16.6 Å². The normalized spacial score (nSPS) is 16.0. The molecule has 4 nitrogen and oxygen atoms in total. The lowest BCUT2D eigenvalue weighted by molar-refractivity contribution is -0.161. The number of nitrogens with one attached hydrogen (secondary N) is 1. The van der Waals surface area contributed by atoms with E-state index >= 15 is 0 Å². The maximum atomic E-state index is 12.3. The summed E-state index contributed by atoms with van der Waals surface area (Å²) >= 11 is 0. The fourth-order valence-electron chi connectivity index (χ4n) is 2.66. The maximum Gasteiger partial charge on any atom is 0.397 e. The highest BCUT2D eigenvalue weighted by Crippen LogP contribution is 2.29. The number of aromatic amines is 1. The predicted molar refractivity (Wildman–Crippen MR) is 75.9 cm³/mol.